The van der Waals surface area contributed by atoms with E-state index < -0.39 is 0 Å². The molecular formula is C18H17N. The van der Waals surface area contributed by atoms with Crippen molar-refractivity contribution in [1.29, 1.82) is 0 Å². The first-order valence-corrected chi connectivity index (χ1v) is 6.38. The van der Waals surface area contributed by atoms with Crippen molar-refractivity contribution in [3.05, 3.63) is 77.2 Å². The molecular weight excluding hydrogens is 230 g/mol. The van der Waals surface area contributed by atoms with Crippen LogP contribution in [0.1, 0.15) is 24.7 Å². The van der Waals surface area contributed by atoms with E-state index in [2.05, 4.69) is 35.6 Å². The topological polar surface area (TPSA) is 12.9 Å². The van der Waals surface area contributed by atoms with Crippen LogP contribution in [0.2, 0.25) is 0 Å². The van der Waals surface area contributed by atoms with Crippen molar-refractivity contribution in [3.8, 4) is 11.8 Å². The molecule has 1 aromatic heterocycles. The van der Waals surface area contributed by atoms with Gasteiger partial charge in [-0.1, -0.05) is 42.9 Å². The standard InChI is InChI=1S/C18H17N/c1-4-7-16(18-11-5-8-14(18)2)12-13-17-10-6-9-15(3)19-17/h4-7,9-11H,2,8H2,1,3H3/b7-4-,18-16+. The van der Waals surface area contributed by atoms with E-state index in [1.54, 1.807) is 0 Å². The highest BCUT2D eigenvalue weighted by Gasteiger charge is 2.08. The Bertz CT molecular complexity index is 646. The summed E-state index contributed by atoms with van der Waals surface area (Å²) in [6.07, 6.45) is 9.16. The molecule has 0 unspecified atom stereocenters. The summed E-state index contributed by atoms with van der Waals surface area (Å²) < 4.78 is 0. The zero-order chi connectivity index (χ0) is 13.7. The molecule has 0 aliphatic heterocycles. The van der Waals surface area contributed by atoms with Gasteiger partial charge in [-0.3, -0.25) is 0 Å². The molecule has 1 heteroatoms. The Balaban J connectivity index is 2.39. The first kappa shape index (κ1) is 13.1. The highest BCUT2D eigenvalue weighted by atomic mass is 14.7. The molecule has 19 heavy (non-hydrogen) atoms. The number of allylic oxidation sites excluding steroid dienone is 7. The van der Waals surface area contributed by atoms with Gasteiger partial charge in [0, 0.05) is 11.3 Å². The number of rotatable bonds is 1. The molecule has 1 aliphatic rings. The van der Waals surface area contributed by atoms with Crippen molar-refractivity contribution in [2.24, 2.45) is 0 Å². The Morgan fingerprint density at radius 1 is 1.42 bits per heavy atom. The minimum absolute atomic E-state index is 0.801. The molecule has 2 rings (SSSR count). The molecule has 0 atom stereocenters. The molecule has 1 nitrogen and oxygen atoms in total. The molecule has 94 valence electrons. The third-order valence-electron chi connectivity index (χ3n) is 2.87. The molecule has 1 aromatic rings. The fourth-order valence-corrected chi connectivity index (χ4v) is 1.94. The summed E-state index contributed by atoms with van der Waals surface area (Å²) in [5.74, 6) is 6.33. The number of pyridine rings is 1. The lowest BCUT2D eigenvalue weighted by Gasteiger charge is -2.00. The van der Waals surface area contributed by atoms with Crippen molar-refractivity contribution in [3.63, 3.8) is 0 Å². The molecule has 0 amide bonds. The van der Waals surface area contributed by atoms with Crippen LogP contribution in [0, 0.1) is 18.8 Å². The largest absolute Gasteiger partial charge is 0.245 e. The highest BCUT2D eigenvalue weighted by molar-refractivity contribution is 5.58. The fraction of sp³-hybridized carbons (Fsp3) is 0.167. The molecule has 0 aromatic carbocycles. The Kier molecular flexibility index (Phi) is 4.15. The van der Waals surface area contributed by atoms with E-state index in [1.165, 1.54) is 0 Å². The van der Waals surface area contributed by atoms with Crippen LogP contribution in [0.4, 0.5) is 0 Å². The van der Waals surface area contributed by atoms with Gasteiger partial charge in [-0.2, -0.15) is 0 Å². The lowest BCUT2D eigenvalue weighted by molar-refractivity contribution is 1.18. The van der Waals surface area contributed by atoms with Crippen molar-refractivity contribution in [2.75, 3.05) is 0 Å². The van der Waals surface area contributed by atoms with Crippen molar-refractivity contribution < 1.29 is 0 Å². The summed E-state index contributed by atoms with van der Waals surface area (Å²) in [5.41, 5.74) is 5.05. The van der Waals surface area contributed by atoms with Gasteiger partial charge in [-0.25, -0.2) is 4.98 Å². The number of aryl methyl sites for hydroxylation is 1. The molecule has 0 bridgehead atoms. The zero-order valence-electron chi connectivity index (χ0n) is 11.4. The average molecular weight is 247 g/mol. The van der Waals surface area contributed by atoms with Crippen LogP contribution in [-0.2, 0) is 0 Å². The summed E-state index contributed by atoms with van der Waals surface area (Å²) in [6.45, 7) is 8.04. The van der Waals surface area contributed by atoms with Gasteiger partial charge < -0.3 is 0 Å². The molecule has 0 saturated carbocycles. The monoisotopic (exact) mass is 247 g/mol. The maximum absolute atomic E-state index is 4.39. The van der Waals surface area contributed by atoms with Crippen molar-refractivity contribution in [1.82, 2.24) is 4.98 Å². The van der Waals surface area contributed by atoms with E-state index >= 15 is 0 Å². The van der Waals surface area contributed by atoms with Crippen molar-refractivity contribution >= 4 is 0 Å². The van der Waals surface area contributed by atoms with E-state index in [-0.39, 0.29) is 0 Å². The third-order valence-corrected chi connectivity index (χ3v) is 2.87. The molecule has 0 N–H and O–H groups in total. The van der Waals surface area contributed by atoms with Gasteiger partial charge in [0.15, 0.2) is 0 Å². The maximum Gasteiger partial charge on any atom is 0.113 e. The minimum Gasteiger partial charge on any atom is -0.245 e. The minimum atomic E-state index is 0.801. The summed E-state index contributed by atoms with van der Waals surface area (Å²) in [6, 6.07) is 5.87. The van der Waals surface area contributed by atoms with Gasteiger partial charge in [0.2, 0.25) is 0 Å². The first-order valence-electron chi connectivity index (χ1n) is 6.38. The molecule has 0 saturated heterocycles. The lowest BCUT2D eigenvalue weighted by atomic mass is 10.0. The lowest BCUT2D eigenvalue weighted by Crippen LogP contribution is -1.87. The predicted molar refractivity (Wildman–Crippen MR) is 80.6 cm³/mol. The van der Waals surface area contributed by atoms with E-state index in [0.29, 0.717) is 0 Å². The Hall–Kier alpha value is -2.33. The van der Waals surface area contributed by atoms with Crippen LogP contribution in [-0.4, -0.2) is 4.98 Å². The SMILES string of the molecule is C=C1CC=C/C1=C(C#Cc1cccc(C)n1)/C=C\C. The summed E-state index contributed by atoms with van der Waals surface area (Å²) in [5, 5.41) is 0. The van der Waals surface area contributed by atoms with Gasteiger partial charge in [0.25, 0.3) is 0 Å². The van der Waals surface area contributed by atoms with Crippen LogP contribution in [0.5, 0.6) is 0 Å². The number of hydrogen-bond acceptors (Lipinski definition) is 1. The van der Waals surface area contributed by atoms with Crippen LogP contribution in [0.25, 0.3) is 0 Å². The van der Waals surface area contributed by atoms with Gasteiger partial charge >= 0.3 is 0 Å². The quantitative estimate of drug-likeness (QED) is 0.680. The molecule has 0 spiro atoms. The smallest absolute Gasteiger partial charge is 0.113 e. The third kappa shape index (κ3) is 3.33. The Morgan fingerprint density at radius 2 is 2.26 bits per heavy atom. The number of aromatic nitrogens is 1. The van der Waals surface area contributed by atoms with Gasteiger partial charge in [0.1, 0.15) is 5.69 Å². The molecule has 0 radical (unpaired) electrons. The number of hydrogen-bond donors (Lipinski definition) is 0. The van der Waals surface area contributed by atoms with Crippen molar-refractivity contribution in [2.45, 2.75) is 20.3 Å². The molecule has 1 heterocycles. The fourth-order valence-electron chi connectivity index (χ4n) is 1.94. The van der Waals surface area contributed by atoms with Crippen LogP contribution in [0.3, 0.4) is 0 Å². The average Bonchev–Trinajstić information content (AvgIpc) is 2.81. The van der Waals surface area contributed by atoms with Gasteiger partial charge in [0.05, 0.1) is 0 Å². The second-order valence-electron chi connectivity index (χ2n) is 4.45. The maximum atomic E-state index is 4.39. The highest BCUT2D eigenvalue weighted by Crippen LogP contribution is 2.25. The summed E-state index contributed by atoms with van der Waals surface area (Å²) >= 11 is 0. The number of nitrogens with zero attached hydrogens (tertiary/aromatic N) is 1. The first-order chi connectivity index (χ1) is 9.20. The van der Waals surface area contributed by atoms with Gasteiger partial charge in [-0.15, -0.1) is 0 Å². The Morgan fingerprint density at radius 3 is 2.89 bits per heavy atom. The van der Waals surface area contributed by atoms with E-state index in [1.807, 2.05) is 44.2 Å². The second-order valence-corrected chi connectivity index (χ2v) is 4.45. The zero-order valence-corrected chi connectivity index (χ0v) is 11.4. The van der Waals surface area contributed by atoms with E-state index in [4.69, 9.17) is 0 Å². The molecule has 1 aliphatic carbocycles. The Labute approximate surface area is 115 Å². The summed E-state index contributed by atoms with van der Waals surface area (Å²) in [7, 11) is 0. The van der Waals surface area contributed by atoms with Gasteiger partial charge in [-0.05, 0) is 49.5 Å². The van der Waals surface area contributed by atoms with Crippen LogP contribution >= 0.6 is 0 Å². The summed E-state index contributed by atoms with van der Waals surface area (Å²) in [4.78, 5) is 4.39. The van der Waals surface area contributed by atoms with E-state index in [9.17, 15) is 0 Å². The molecule has 0 fully saturated rings. The normalized spacial score (nSPS) is 16.6. The van der Waals surface area contributed by atoms with Crippen LogP contribution in [0.15, 0.2) is 65.8 Å². The van der Waals surface area contributed by atoms with Crippen LogP contribution < -0.4 is 0 Å². The predicted octanol–water partition coefficient (Wildman–Crippen LogP) is 4.13. The van der Waals surface area contributed by atoms with E-state index in [0.717, 1.165) is 34.5 Å². The second kappa shape index (κ2) is 6.02.